The molecule has 0 bridgehead atoms. The van der Waals surface area contributed by atoms with Crippen LogP contribution in [0.3, 0.4) is 0 Å². The number of rotatable bonds is 11. The highest BCUT2D eigenvalue weighted by atomic mass is 16.6. The third-order valence-corrected chi connectivity index (χ3v) is 4.84. The van der Waals surface area contributed by atoms with Crippen LogP contribution in [0.15, 0.2) is 48.8 Å². The molecule has 2 rings (SSSR count). The number of para-hydroxylation sites is 2. The number of Topliss-reactive ketones (excluding diaryl/α,β-unsaturated/α-hetero) is 1. The van der Waals surface area contributed by atoms with Crippen LogP contribution in [-0.4, -0.2) is 67.1 Å². The maximum Gasteiger partial charge on any atom is 0.380 e. The Bertz CT molecular complexity index is 995. The maximum atomic E-state index is 13.0. The van der Waals surface area contributed by atoms with Crippen LogP contribution in [0.1, 0.15) is 18.9 Å². The second kappa shape index (κ2) is 11.6. The van der Waals surface area contributed by atoms with Gasteiger partial charge in [-0.1, -0.05) is 12.1 Å². The molecule has 0 saturated heterocycles. The molecule has 0 N–H and O–H groups in total. The Balaban J connectivity index is 2.36. The topological polar surface area (TPSA) is 121 Å². The van der Waals surface area contributed by atoms with E-state index in [1.165, 1.54) is 26.3 Å². The molecule has 1 amide bonds. The molecule has 0 aliphatic rings. The molecule has 176 valence electrons. The van der Waals surface area contributed by atoms with Crippen molar-refractivity contribution in [3.05, 3.63) is 54.4 Å². The van der Waals surface area contributed by atoms with Crippen molar-refractivity contribution in [1.82, 2.24) is 9.88 Å². The van der Waals surface area contributed by atoms with E-state index < -0.39 is 36.0 Å². The molecule has 0 saturated carbocycles. The summed E-state index contributed by atoms with van der Waals surface area (Å²) in [6.45, 7) is 0.685. The van der Waals surface area contributed by atoms with Gasteiger partial charge in [-0.25, -0.2) is 9.59 Å². The minimum absolute atomic E-state index is 0.00359. The predicted octanol–water partition coefficient (Wildman–Crippen LogP) is 1.56. The smallest absolute Gasteiger partial charge is 0.380 e. The summed E-state index contributed by atoms with van der Waals surface area (Å²) in [7, 11) is 3.57. The highest BCUT2D eigenvalue weighted by molar-refractivity contribution is 6.08. The number of hydrogen-bond acceptors (Lipinski definition) is 9. The average molecular weight is 458 g/mol. The Kier molecular flexibility index (Phi) is 8.90. The normalized spacial score (nSPS) is 12.1. The van der Waals surface area contributed by atoms with Gasteiger partial charge in [-0.2, -0.15) is 0 Å². The first kappa shape index (κ1) is 25.3. The Morgan fingerprint density at radius 2 is 1.61 bits per heavy atom. The quantitative estimate of drug-likeness (QED) is 0.280. The van der Waals surface area contributed by atoms with Crippen molar-refractivity contribution in [2.75, 3.05) is 27.9 Å². The summed E-state index contributed by atoms with van der Waals surface area (Å²) < 4.78 is 20.6. The van der Waals surface area contributed by atoms with Crippen molar-refractivity contribution >= 4 is 23.6 Å². The first-order valence-electron chi connectivity index (χ1n) is 9.99. The van der Waals surface area contributed by atoms with Gasteiger partial charge in [0.15, 0.2) is 18.1 Å². The Hall–Kier alpha value is -3.95. The molecule has 1 aromatic heterocycles. The summed E-state index contributed by atoms with van der Waals surface area (Å²) in [5, 5.41) is 0. The first-order chi connectivity index (χ1) is 15.8. The fourth-order valence-corrected chi connectivity index (χ4v) is 2.99. The largest absolute Gasteiger partial charge is 0.478 e. The summed E-state index contributed by atoms with van der Waals surface area (Å²) in [5.74, 6) is -3.01. The molecule has 0 aliphatic carbocycles. The summed E-state index contributed by atoms with van der Waals surface area (Å²) in [4.78, 5) is 54.9. The summed E-state index contributed by atoms with van der Waals surface area (Å²) in [6, 6.07) is 9.62. The fraction of sp³-hybridized carbons (Fsp3) is 0.348. The molecule has 2 aromatic rings. The standard InChI is InChI=1S/C23H26N2O8/c1-16(26)23(22(29)31-4,25(2)20(27)10-9-17-11-13-24-14-12-17)33-19-8-6-5-7-18(19)32-15-21(28)30-3/h5-8,11-14H,9-10,15H2,1-4H3. The molecule has 1 atom stereocenters. The van der Waals surface area contributed by atoms with Crippen LogP contribution >= 0.6 is 0 Å². The van der Waals surface area contributed by atoms with Gasteiger partial charge in [0.2, 0.25) is 11.7 Å². The van der Waals surface area contributed by atoms with Crippen LogP contribution in [-0.2, 0) is 35.1 Å². The molecule has 1 unspecified atom stereocenters. The van der Waals surface area contributed by atoms with Crippen molar-refractivity contribution < 1.29 is 38.1 Å². The van der Waals surface area contributed by atoms with E-state index in [0.717, 1.165) is 24.5 Å². The summed E-state index contributed by atoms with van der Waals surface area (Å²) in [6.07, 6.45) is 3.56. The number of carbonyl (C=O) groups excluding carboxylic acids is 4. The lowest BCUT2D eigenvalue weighted by Gasteiger charge is -2.37. The van der Waals surface area contributed by atoms with Crippen LogP contribution in [0.25, 0.3) is 0 Å². The number of aromatic nitrogens is 1. The minimum atomic E-state index is -2.41. The van der Waals surface area contributed by atoms with Gasteiger partial charge in [0.25, 0.3) is 0 Å². The molecule has 0 aliphatic heterocycles. The summed E-state index contributed by atoms with van der Waals surface area (Å²) in [5.41, 5.74) is -1.55. The number of benzene rings is 1. The minimum Gasteiger partial charge on any atom is -0.478 e. The van der Waals surface area contributed by atoms with Gasteiger partial charge < -0.3 is 18.9 Å². The molecule has 0 fully saturated rings. The number of ketones is 1. The molecular weight excluding hydrogens is 432 g/mol. The third-order valence-electron chi connectivity index (χ3n) is 4.84. The van der Waals surface area contributed by atoms with Gasteiger partial charge in [-0.05, 0) is 36.2 Å². The number of hydrogen-bond donors (Lipinski definition) is 0. The Morgan fingerprint density at radius 1 is 0.970 bits per heavy atom. The zero-order valence-corrected chi connectivity index (χ0v) is 18.9. The van der Waals surface area contributed by atoms with Gasteiger partial charge >= 0.3 is 17.7 Å². The fourth-order valence-electron chi connectivity index (χ4n) is 2.99. The molecule has 1 aromatic carbocycles. The zero-order valence-electron chi connectivity index (χ0n) is 18.9. The van der Waals surface area contributed by atoms with Gasteiger partial charge in [0, 0.05) is 32.8 Å². The number of methoxy groups -OCH3 is 2. The lowest BCUT2D eigenvalue weighted by Crippen LogP contribution is -2.64. The molecule has 1 heterocycles. The number of likely N-dealkylation sites (N-methyl/N-ethyl adjacent to an activating group) is 1. The van der Waals surface area contributed by atoms with Crippen LogP contribution < -0.4 is 9.47 Å². The van der Waals surface area contributed by atoms with Gasteiger partial charge in [0.05, 0.1) is 14.2 Å². The number of pyridine rings is 1. The zero-order chi connectivity index (χ0) is 24.4. The van der Waals surface area contributed by atoms with Crippen LogP contribution in [0.2, 0.25) is 0 Å². The average Bonchev–Trinajstić information content (AvgIpc) is 2.84. The number of amides is 1. The number of ether oxygens (including phenoxy) is 4. The van der Waals surface area contributed by atoms with Crippen LogP contribution in [0, 0.1) is 0 Å². The van der Waals surface area contributed by atoms with Crippen molar-refractivity contribution in [3.63, 3.8) is 0 Å². The predicted molar refractivity (Wildman–Crippen MR) is 115 cm³/mol. The third kappa shape index (κ3) is 6.06. The number of nitrogens with zero attached hydrogens (tertiary/aromatic N) is 2. The molecule has 0 spiro atoms. The van der Waals surface area contributed by atoms with E-state index in [0.29, 0.717) is 6.42 Å². The van der Waals surface area contributed by atoms with Gasteiger partial charge in [0.1, 0.15) is 0 Å². The SMILES string of the molecule is COC(=O)COc1ccccc1OC(C(C)=O)(C(=O)OC)N(C)C(=O)CCc1ccncc1. The van der Waals surface area contributed by atoms with Crippen LogP contribution in [0.4, 0.5) is 0 Å². The van der Waals surface area contributed by atoms with E-state index >= 15 is 0 Å². The number of aryl methyl sites for hydroxylation is 1. The second-order valence-corrected chi connectivity index (χ2v) is 6.91. The van der Waals surface area contributed by atoms with E-state index in [9.17, 15) is 19.2 Å². The first-order valence-corrected chi connectivity index (χ1v) is 9.99. The lowest BCUT2D eigenvalue weighted by molar-refractivity contribution is -0.186. The highest BCUT2D eigenvalue weighted by Gasteiger charge is 2.54. The molecule has 33 heavy (non-hydrogen) atoms. The van der Waals surface area contributed by atoms with E-state index in [1.807, 2.05) is 0 Å². The lowest BCUT2D eigenvalue weighted by atomic mass is 10.1. The monoisotopic (exact) mass is 458 g/mol. The number of esters is 2. The van der Waals surface area contributed by atoms with E-state index in [2.05, 4.69) is 9.72 Å². The van der Waals surface area contributed by atoms with Crippen molar-refractivity contribution in [3.8, 4) is 11.5 Å². The molecule has 0 radical (unpaired) electrons. The van der Waals surface area contributed by atoms with Crippen molar-refractivity contribution in [1.29, 1.82) is 0 Å². The molecule has 10 heteroatoms. The molecular formula is C23H26N2O8. The number of carbonyl (C=O) groups is 4. The van der Waals surface area contributed by atoms with Crippen LogP contribution in [0.5, 0.6) is 11.5 Å². The van der Waals surface area contributed by atoms with E-state index in [4.69, 9.17) is 14.2 Å². The van der Waals surface area contributed by atoms with Crippen molar-refractivity contribution in [2.45, 2.75) is 25.5 Å². The van der Waals surface area contributed by atoms with E-state index in [1.54, 1.807) is 36.7 Å². The van der Waals surface area contributed by atoms with Gasteiger partial charge in [-0.3, -0.25) is 19.5 Å². The Morgan fingerprint density at radius 3 is 2.18 bits per heavy atom. The van der Waals surface area contributed by atoms with E-state index in [-0.39, 0.29) is 17.9 Å². The Labute approximate surface area is 191 Å². The van der Waals surface area contributed by atoms with Gasteiger partial charge in [-0.15, -0.1) is 0 Å². The van der Waals surface area contributed by atoms with Crippen molar-refractivity contribution in [2.24, 2.45) is 0 Å². The second-order valence-electron chi connectivity index (χ2n) is 6.91. The maximum absolute atomic E-state index is 13.0. The molecule has 10 nitrogen and oxygen atoms in total. The highest BCUT2D eigenvalue weighted by Crippen LogP contribution is 2.32. The summed E-state index contributed by atoms with van der Waals surface area (Å²) >= 11 is 0.